The van der Waals surface area contributed by atoms with Gasteiger partial charge < -0.3 is 11.1 Å². The Kier molecular flexibility index (Phi) is 6.92. The average molecular weight is 314 g/mol. The summed E-state index contributed by atoms with van der Waals surface area (Å²) in [5, 5.41) is 3.44. The van der Waals surface area contributed by atoms with Crippen LogP contribution in [-0.4, -0.2) is 12.5 Å². The van der Waals surface area contributed by atoms with Gasteiger partial charge in [-0.1, -0.05) is 29.3 Å². The molecule has 1 aromatic rings. The normalized spacial score (nSPS) is 9.27. The van der Waals surface area contributed by atoms with Crippen molar-refractivity contribution in [1.29, 1.82) is 0 Å². The van der Waals surface area contributed by atoms with Crippen LogP contribution in [0.1, 0.15) is 6.42 Å². The highest BCUT2D eigenvalue weighted by atomic mass is 79.9. The van der Waals surface area contributed by atoms with Crippen molar-refractivity contribution in [3.8, 4) is 0 Å². The van der Waals surface area contributed by atoms with Gasteiger partial charge in [-0.25, -0.2) is 0 Å². The molecule has 1 aromatic carbocycles. The number of amides is 1. The molecule has 3 nitrogen and oxygen atoms in total. The van der Waals surface area contributed by atoms with E-state index in [1.54, 1.807) is 18.2 Å². The summed E-state index contributed by atoms with van der Waals surface area (Å²) in [4.78, 5) is 11.2. The lowest BCUT2D eigenvalue weighted by atomic mass is 10.3. The van der Waals surface area contributed by atoms with Crippen LogP contribution in [0.5, 0.6) is 0 Å². The molecule has 1 rings (SSSR count). The number of nitrogens with one attached hydrogen (secondary N) is 1. The molecule has 0 saturated heterocycles. The first kappa shape index (κ1) is 14.7. The molecular formula is C9H11BrCl2N2O. The van der Waals surface area contributed by atoms with E-state index in [0.717, 1.165) is 0 Å². The predicted octanol–water partition coefficient (Wildman–Crippen LogP) is 2.86. The maximum atomic E-state index is 11.2. The third-order valence-electron chi connectivity index (χ3n) is 1.60. The van der Waals surface area contributed by atoms with Crippen LogP contribution in [0.15, 0.2) is 18.2 Å². The molecule has 0 heterocycles. The summed E-state index contributed by atoms with van der Waals surface area (Å²) in [6.45, 7) is 0.300. The lowest BCUT2D eigenvalue weighted by molar-refractivity contribution is -0.116. The first-order valence-corrected chi connectivity index (χ1v) is 4.84. The van der Waals surface area contributed by atoms with Crippen LogP contribution in [-0.2, 0) is 4.79 Å². The van der Waals surface area contributed by atoms with E-state index < -0.39 is 0 Å². The minimum Gasteiger partial charge on any atom is -0.330 e. The number of benzene rings is 1. The zero-order valence-electron chi connectivity index (χ0n) is 7.80. The number of hydrogen-bond donors (Lipinski definition) is 2. The van der Waals surface area contributed by atoms with E-state index in [1.165, 1.54) is 0 Å². The number of para-hydroxylation sites is 1. The van der Waals surface area contributed by atoms with Crippen molar-refractivity contribution in [1.82, 2.24) is 0 Å². The van der Waals surface area contributed by atoms with Crippen LogP contribution in [0.3, 0.4) is 0 Å². The van der Waals surface area contributed by atoms with Crippen molar-refractivity contribution in [2.75, 3.05) is 11.9 Å². The van der Waals surface area contributed by atoms with E-state index in [0.29, 0.717) is 22.3 Å². The van der Waals surface area contributed by atoms with E-state index >= 15 is 0 Å². The second-order valence-electron chi connectivity index (χ2n) is 2.68. The standard InChI is InChI=1S/C9H10Cl2N2O.BrH/c10-6-2-1-3-7(11)9(6)13-8(14)4-5-12;/h1-3H,4-5,12H2,(H,13,14);1H. The van der Waals surface area contributed by atoms with Gasteiger partial charge >= 0.3 is 0 Å². The van der Waals surface area contributed by atoms with Crippen molar-refractivity contribution in [2.45, 2.75) is 6.42 Å². The molecule has 15 heavy (non-hydrogen) atoms. The van der Waals surface area contributed by atoms with E-state index in [2.05, 4.69) is 5.32 Å². The summed E-state index contributed by atoms with van der Waals surface area (Å²) >= 11 is 11.7. The topological polar surface area (TPSA) is 55.1 Å². The lowest BCUT2D eigenvalue weighted by Crippen LogP contribution is -2.16. The van der Waals surface area contributed by atoms with Gasteiger partial charge in [0.05, 0.1) is 15.7 Å². The SMILES string of the molecule is Br.NCCC(=O)Nc1c(Cl)cccc1Cl. The Morgan fingerprint density at radius 2 is 1.87 bits per heavy atom. The maximum Gasteiger partial charge on any atom is 0.225 e. The quantitative estimate of drug-likeness (QED) is 0.901. The molecule has 6 heteroatoms. The Morgan fingerprint density at radius 3 is 2.33 bits per heavy atom. The Hall–Kier alpha value is -0.290. The number of carbonyl (C=O) groups is 1. The molecule has 0 fully saturated rings. The van der Waals surface area contributed by atoms with Crippen LogP contribution in [0.25, 0.3) is 0 Å². The molecule has 0 aliphatic carbocycles. The largest absolute Gasteiger partial charge is 0.330 e. The monoisotopic (exact) mass is 312 g/mol. The van der Waals surface area contributed by atoms with Gasteiger partial charge in [0.15, 0.2) is 0 Å². The van der Waals surface area contributed by atoms with Gasteiger partial charge in [0.1, 0.15) is 0 Å². The molecular weight excluding hydrogens is 303 g/mol. The fourth-order valence-electron chi connectivity index (χ4n) is 0.950. The smallest absolute Gasteiger partial charge is 0.225 e. The van der Waals surface area contributed by atoms with Gasteiger partial charge in [0.2, 0.25) is 5.91 Å². The predicted molar refractivity (Wildman–Crippen MR) is 69.1 cm³/mol. The molecule has 0 saturated carbocycles. The van der Waals surface area contributed by atoms with E-state index in [4.69, 9.17) is 28.9 Å². The summed E-state index contributed by atoms with van der Waals surface area (Å²) in [7, 11) is 0. The summed E-state index contributed by atoms with van der Waals surface area (Å²) in [6, 6.07) is 5.03. The molecule has 84 valence electrons. The van der Waals surface area contributed by atoms with Gasteiger partial charge in [-0.3, -0.25) is 4.79 Å². The Labute approximate surface area is 109 Å². The van der Waals surface area contributed by atoms with E-state index in [1.807, 2.05) is 0 Å². The van der Waals surface area contributed by atoms with Crippen molar-refractivity contribution >= 4 is 51.8 Å². The number of anilines is 1. The highest BCUT2D eigenvalue weighted by molar-refractivity contribution is 8.93. The lowest BCUT2D eigenvalue weighted by Gasteiger charge is -2.07. The maximum absolute atomic E-state index is 11.2. The number of nitrogens with two attached hydrogens (primary N) is 1. The van der Waals surface area contributed by atoms with Crippen LogP contribution >= 0.6 is 40.2 Å². The molecule has 0 bridgehead atoms. The van der Waals surface area contributed by atoms with Gasteiger partial charge in [0.25, 0.3) is 0 Å². The van der Waals surface area contributed by atoms with Crippen molar-refractivity contribution in [3.05, 3.63) is 28.2 Å². The second-order valence-corrected chi connectivity index (χ2v) is 3.50. The fourth-order valence-corrected chi connectivity index (χ4v) is 1.44. The van der Waals surface area contributed by atoms with Crippen LogP contribution in [0, 0.1) is 0 Å². The third kappa shape index (κ3) is 4.38. The number of rotatable bonds is 3. The second kappa shape index (κ2) is 7.06. The Morgan fingerprint density at radius 1 is 1.33 bits per heavy atom. The molecule has 0 aliphatic rings. The zero-order chi connectivity index (χ0) is 10.6. The molecule has 0 aromatic heterocycles. The molecule has 0 unspecified atom stereocenters. The number of hydrogen-bond acceptors (Lipinski definition) is 2. The summed E-state index contributed by atoms with van der Waals surface area (Å²) in [5.74, 6) is -0.192. The minimum absolute atomic E-state index is 0. The minimum atomic E-state index is -0.192. The van der Waals surface area contributed by atoms with Gasteiger partial charge in [-0.15, -0.1) is 17.0 Å². The van der Waals surface area contributed by atoms with Crippen LogP contribution in [0.4, 0.5) is 5.69 Å². The van der Waals surface area contributed by atoms with E-state index in [-0.39, 0.29) is 29.3 Å². The molecule has 0 spiro atoms. The first-order valence-electron chi connectivity index (χ1n) is 4.09. The van der Waals surface area contributed by atoms with Crippen molar-refractivity contribution < 1.29 is 4.79 Å². The van der Waals surface area contributed by atoms with Gasteiger partial charge in [-0.05, 0) is 12.1 Å². The Balaban J connectivity index is 0.00000196. The van der Waals surface area contributed by atoms with Crippen LogP contribution < -0.4 is 11.1 Å². The average Bonchev–Trinajstić information content (AvgIpc) is 2.12. The van der Waals surface area contributed by atoms with Crippen LogP contribution in [0.2, 0.25) is 10.0 Å². The molecule has 0 radical (unpaired) electrons. The molecule has 0 atom stereocenters. The fraction of sp³-hybridized carbons (Fsp3) is 0.222. The van der Waals surface area contributed by atoms with Crippen molar-refractivity contribution in [2.24, 2.45) is 5.73 Å². The molecule has 1 amide bonds. The summed E-state index contributed by atoms with van der Waals surface area (Å²) in [5.41, 5.74) is 5.67. The van der Waals surface area contributed by atoms with Gasteiger partial charge in [-0.2, -0.15) is 0 Å². The third-order valence-corrected chi connectivity index (χ3v) is 2.23. The summed E-state index contributed by atoms with van der Waals surface area (Å²) < 4.78 is 0. The van der Waals surface area contributed by atoms with Crippen molar-refractivity contribution in [3.63, 3.8) is 0 Å². The number of carbonyl (C=O) groups excluding carboxylic acids is 1. The number of halogens is 3. The van der Waals surface area contributed by atoms with Gasteiger partial charge in [0, 0.05) is 13.0 Å². The van der Waals surface area contributed by atoms with E-state index in [9.17, 15) is 4.79 Å². The first-order chi connectivity index (χ1) is 6.65. The Bertz CT molecular complexity index is 327. The molecule has 0 aliphatic heterocycles. The highest BCUT2D eigenvalue weighted by Crippen LogP contribution is 2.29. The molecule has 3 N–H and O–H groups in total. The highest BCUT2D eigenvalue weighted by Gasteiger charge is 2.08. The summed E-state index contributed by atoms with van der Waals surface area (Å²) in [6.07, 6.45) is 0.252. The zero-order valence-corrected chi connectivity index (χ0v) is 11.0.